The topological polar surface area (TPSA) is 49.3 Å². The molecule has 4 rings (SSSR count). The molecule has 2 aromatic rings. The van der Waals surface area contributed by atoms with Crippen LogP contribution in [0.3, 0.4) is 0 Å². The zero-order chi connectivity index (χ0) is 18.7. The highest BCUT2D eigenvalue weighted by Crippen LogP contribution is 2.44. The maximum Gasteiger partial charge on any atom is 0.239 e. The lowest BCUT2D eigenvalue weighted by Crippen LogP contribution is -2.32. The second-order valence-corrected chi connectivity index (χ2v) is 7.03. The Labute approximate surface area is 152 Å². The van der Waals surface area contributed by atoms with E-state index in [1.54, 1.807) is 19.1 Å². The molecular weight excluding hydrogens is 336 g/mol. The van der Waals surface area contributed by atoms with Crippen molar-refractivity contribution in [2.45, 2.75) is 50.9 Å². The molecule has 1 atom stereocenters. The first-order valence-corrected chi connectivity index (χ1v) is 9.04. The van der Waals surface area contributed by atoms with Crippen LogP contribution in [0, 0.1) is 11.6 Å². The minimum Gasteiger partial charge on any atom is -0.508 e. The molecule has 3 nitrogen and oxygen atoms in total. The van der Waals surface area contributed by atoms with Gasteiger partial charge in [0.05, 0.1) is 11.1 Å². The van der Waals surface area contributed by atoms with Crippen LogP contribution in [0.4, 0.5) is 14.5 Å². The van der Waals surface area contributed by atoms with Crippen LogP contribution in [-0.2, 0) is 10.2 Å². The van der Waals surface area contributed by atoms with E-state index in [-0.39, 0.29) is 11.4 Å². The second-order valence-electron chi connectivity index (χ2n) is 7.03. The molecule has 1 heterocycles. The van der Waals surface area contributed by atoms with Gasteiger partial charge in [0.15, 0.2) is 11.6 Å². The zero-order valence-electron chi connectivity index (χ0n) is 14.8. The maximum atomic E-state index is 13.8. The standard InChI is InChI=1S/C15H11F2NO2.C6H12/c1-15(8-2-4-9(19)5-3-8)10-6-7-11(16)12(17)13(10)18-14(15)20;1-2-4-6-5-3-1/h2-7,19H,1H3,(H,18,20);1-6H2. The van der Waals surface area contributed by atoms with Crippen LogP contribution in [0.15, 0.2) is 36.4 Å². The molecular formula is C21H23F2NO2. The molecule has 1 amide bonds. The summed E-state index contributed by atoms with van der Waals surface area (Å²) in [7, 11) is 0. The lowest BCUT2D eigenvalue weighted by molar-refractivity contribution is -0.119. The van der Waals surface area contributed by atoms with Crippen LogP contribution in [0.25, 0.3) is 0 Å². The van der Waals surface area contributed by atoms with Crippen molar-refractivity contribution < 1.29 is 18.7 Å². The van der Waals surface area contributed by atoms with Crippen molar-refractivity contribution in [3.8, 4) is 5.75 Å². The lowest BCUT2D eigenvalue weighted by Gasteiger charge is -2.22. The summed E-state index contributed by atoms with van der Waals surface area (Å²) in [5.74, 6) is -2.42. The lowest BCUT2D eigenvalue weighted by atomic mass is 9.77. The number of anilines is 1. The fourth-order valence-electron chi connectivity index (χ4n) is 3.59. The molecule has 2 aromatic carbocycles. The highest BCUT2D eigenvalue weighted by atomic mass is 19.2. The number of aromatic hydroxyl groups is 1. The van der Waals surface area contributed by atoms with Crippen molar-refractivity contribution in [3.63, 3.8) is 0 Å². The number of nitrogens with one attached hydrogen (secondary N) is 1. The summed E-state index contributed by atoms with van der Waals surface area (Å²) >= 11 is 0. The van der Waals surface area contributed by atoms with Gasteiger partial charge in [0.1, 0.15) is 5.75 Å². The Kier molecular flexibility index (Phi) is 5.25. The molecule has 0 spiro atoms. The van der Waals surface area contributed by atoms with Crippen molar-refractivity contribution in [3.05, 3.63) is 59.2 Å². The van der Waals surface area contributed by atoms with Gasteiger partial charge in [-0.15, -0.1) is 0 Å². The molecule has 1 aliphatic carbocycles. The summed E-state index contributed by atoms with van der Waals surface area (Å²) in [5.41, 5.74) is -0.257. The normalized spacial score (nSPS) is 21.4. The van der Waals surface area contributed by atoms with Gasteiger partial charge in [-0.25, -0.2) is 8.78 Å². The molecule has 2 N–H and O–H groups in total. The maximum absolute atomic E-state index is 13.8. The largest absolute Gasteiger partial charge is 0.508 e. The predicted octanol–water partition coefficient (Wildman–Crippen LogP) is 5.27. The quantitative estimate of drug-likeness (QED) is 0.729. The fraction of sp³-hybridized carbons (Fsp3) is 0.381. The predicted molar refractivity (Wildman–Crippen MR) is 97.3 cm³/mol. The number of halogens is 2. The van der Waals surface area contributed by atoms with Gasteiger partial charge in [0.2, 0.25) is 5.91 Å². The first kappa shape index (κ1) is 18.4. The Morgan fingerprint density at radius 2 is 1.46 bits per heavy atom. The summed E-state index contributed by atoms with van der Waals surface area (Å²) in [6, 6.07) is 8.49. The number of phenols is 1. The van der Waals surface area contributed by atoms with Crippen LogP contribution in [0.1, 0.15) is 56.6 Å². The van der Waals surface area contributed by atoms with Gasteiger partial charge in [-0.2, -0.15) is 0 Å². The number of hydrogen-bond donors (Lipinski definition) is 2. The third kappa shape index (κ3) is 3.30. The summed E-state index contributed by atoms with van der Waals surface area (Å²) in [6.07, 6.45) is 9.00. The number of fused-ring (bicyclic) bond motifs is 1. The van der Waals surface area contributed by atoms with Crippen molar-refractivity contribution in [2.24, 2.45) is 0 Å². The van der Waals surface area contributed by atoms with Gasteiger partial charge in [0.25, 0.3) is 0 Å². The molecule has 0 radical (unpaired) electrons. The van der Waals surface area contributed by atoms with Gasteiger partial charge in [-0.3, -0.25) is 4.79 Å². The highest BCUT2D eigenvalue weighted by Gasteiger charge is 2.45. The van der Waals surface area contributed by atoms with E-state index >= 15 is 0 Å². The Balaban J connectivity index is 0.000000278. The number of hydrogen-bond acceptors (Lipinski definition) is 2. The van der Waals surface area contributed by atoms with Crippen LogP contribution in [0.5, 0.6) is 5.75 Å². The van der Waals surface area contributed by atoms with E-state index < -0.39 is 23.0 Å². The molecule has 5 heteroatoms. The molecule has 1 unspecified atom stereocenters. The van der Waals surface area contributed by atoms with Crippen molar-refractivity contribution in [1.82, 2.24) is 0 Å². The van der Waals surface area contributed by atoms with E-state index in [0.29, 0.717) is 11.1 Å². The Morgan fingerprint density at radius 3 is 2.00 bits per heavy atom. The molecule has 0 aromatic heterocycles. The van der Waals surface area contributed by atoms with Crippen LogP contribution in [0.2, 0.25) is 0 Å². The van der Waals surface area contributed by atoms with Crippen LogP contribution >= 0.6 is 0 Å². The van der Waals surface area contributed by atoms with Gasteiger partial charge in [-0.05, 0) is 36.2 Å². The van der Waals surface area contributed by atoms with E-state index in [1.165, 1.54) is 56.7 Å². The molecule has 1 saturated carbocycles. The first-order chi connectivity index (χ1) is 12.4. The Bertz CT molecular complexity index is 789. The number of phenolic OH excluding ortho intramolecular Hbond substituents is 1. The number of carbonyl (C=O) groups excluding carboxylic acids is 1. The van der Waals surface area contributed by atoms with Crippen LogP contribution in [-0.4, -0.2) is 11.0 Å². The third-order valence-electron chi connectivity index (χ3n) is 5.27. The average Bonchev–Trinajstić information content (AvgIpc) is 2.93. The van der Waals surface area contributed by atoms with E-state index in [0.717, 1.165) is 6.07 Å². The Hall–Kier alpha value is -2.43. The number of carbonyl (C=O) groups is 1. The number of amides is 1. The highest BCUT2D eigenvalue weighted by molar-refractivity contribution is 6.08. The molecule has 0 bridgehead atoms. The smallest absolute Gasteiger partial charge is 0.239 e. The Morgan fingerprint density at radius 1 is 0.923 bits per heavy atom. The zero-order valence-corrected chi connectivity index (χ0v) is 14.8. The van der Waals surface area contributed by atoms with E-state index in [2.05, 4.69) is 5.32 Å². The van der Waals surface area contributed by atoms with Crippen LogP contribution < -0.4 is 5.32 Å². The van der Waals surface area contributed by atoms with Gasteiger partial charge >= 0.3 is 0 Å². The molecule has 26 heavy (non-hydrogen) atoms. The first-order valence-electron chi connectivity index (χ1n) is 9.04. The van der Waals surface area contributed by atoms with Crippen molar-refractivity contribution in [2.75, 3.05) is 5.32 Å². The second kappa shape index (κ2) is 7.44. The number of rotatable bonds is 1. The van der Waals surface area contributed by atoms with Crippen molar-refractivity contribution in [1.29, 1.82) is 0 Å². The van der Waals surface area contributed by atoms with E-state index in [9.17, 15) is 18.7 Å². The summed E-state index contributed by atoms with van der Waals surface area (Å²) < 4.78 is 27.0. The van der Waals surface area contributed by atoms with E-state index in [4.69, 9.17) is 0 Å². The van der Waals surface area contributed by atoms with Crippen molar-refractivity contribution >= 4 is 11.6 Å². The minimum atomic E-state index is -1.11. The van der Waals surface area contributed by atoms with Gasteiger partial charge < -0.3 is 10.4 Å². The molecule has 1 aliphatic heterocycles. The molecule has 138 valence electrons. The SMILES string of the molecule is C1CCCCC1.CC1(c2ccc(O)cc2)C(=O)Nc2c1ccc(F)c2F. The molecule has 1 fully saturated rings. The minimum absolute atomic E-state index is 0.0706. The summed E-state index contributed by atoms with van der Waals surface area (Å²) in [4.78, 5) is 12.2. The van der Waals surface area contributed by atoms with E-state index in [1.807, 2.05) is 0 Å². The molecule has 2 aliphatic rings. The fourth-order valence-corrected chi connectivity index (χ4v) is 3.59. The van der Waals surface area contributed by atoms with Gasteiger partial charge in [-0.1, -0.05) is 56.7 Å². The van der Waals surface area contributed by atoms with Gasteiger partial charge in [0, 0.05) is 0 Å². The summed E-state index contributed by atoms with van der Waals surface area (Å²) in [5, 5.41) is 11.7. The molecule has 0 saturated heterocycles. The number of benzene rings is 2. The average molecular weight is 359 g/mol. The monoisotopic (exact) mass is 359 g/mol. The third-order valence-corrected chi connectivity index (χ3v) is 5.27. The summed E-state index contributed by atoms with van der Waals surface area (Å²) in [6.45, 7) is 1.64.